The van der Waals surface area contributed by atoms with Crippen LogP contribution in [0.25, 0.3) is 6.08 Å². The van der Waals surface area contributed by atoms with Gasteiger partial charge < -0.3 is 9.27 Å². The van der Waals surface area contributed by atoms with Gasteiger partial charge in [0.15, 0.2) is 0 Å². The molecule has 1 aromatic rings. The van der Waals surface area contributed by atoms with Gasteiger partial charge in [-0.25, -0.2) is 0 Å². The van der Waals surface area contributed by atoms with E-state index < -0.39 is 11.3 Å². The summed E-state index contributed by atoms with van der Waals surface area (Å²) in [5, 5.41) is 0. The Morgan fingerprint density at radius 2 is 2.08 bits per heavy atom. The van der Waals surface area contributed by atoms with Gasteiger partial charge in [0.25, 0.3) is 0 Å². The maximum Gasteiger partial charge on any atom is 0.0509 e. The molecule has 68 valence electrons. The van der Waals surface area contributed by atoms with Gasteiger partial charge >= 0.3 is 0 Å². The Labute approximate surface area is 79.2 Å². The minimum absolute atomic E-state index is 0.970. The zero-order chi connectivity index (χ0) is 9.52. The highest BCUT2D eigenvalue weighted by molar-refractivity contribution is 7.77. The van der Waals surface area contributed by atoms with E-state index in [-0.39, 0.29) is 0 Å². The Bertz CT molecular complexity index is 342. The first-order valence-electron chi connectivity index (χ1n) is 3.60. The molecule has 0 spiro atoms. The van der Waals surface area contributed by atoms with E-state index >= 15 is 0 Å². The highest BCUT2D eigenvalue weighted by atomic mass is 32.2. The first kappa shape index (κ1) is 9.74. The largest absolute Gasteiger partial charge is 0.755 e. The zero-order valence-electron chi connectivity index (χ0n) is 6.77. The van der Waals surface area contributed by atoms with E-state index in [0.717, 1.165) is 5.56 Å². The molecular formula is C9H8NO2S-. The van der Waals surface area contributed by atoms with E-state index in [1.165, 1.54) is 6.20 Å². The molecule has 1 aromatic carbocycles. The van der Waals surface area contributed by atoms with Crippen molar-refractivity contribution in [2.24, 2.45) is 0 Å². The van der Waals surface area contributed by atoms with Crippen LogP contribution in [-0.2, 0) is 11.3 Å². The number of rotatable bonds is 3. The smallest absolute Gasteiger partial charge is 0.0509 e. The second kappa shape index (κ2) is 5.32. The Balaban J connectivity index is 2.59. The van der Waals surface area contributed by atoms with Crippen molar-refractivity contribution >= 4 is 17.3 Å². The summed E-state index contributed by atoms with van der Waals surface area (Å²) in [5.74, 6) is 0. The average Bonchev–Trinajstić information content (AvgIpc) is 2.14. The molecule has 0 aliphatic heterocycles. The van der Waals surface area contributed by atoms with Gasteiger partial charge in [0.05, 0.1) is 6.20 Å². The summed E-state index contributed by atoms with van der Waals surface area (Å²) in [6.07, 6.45) is 2.91. The van der Waals surface area contributed by atoms with Crippen molar-refractivity contribution in [2.45, 2.75) is 0 Å². The van der Waals surface area contributed by atoms with Crippen LogP contribution in [-0.4, -0.2) is 8.76 Å². The molecule has 0 aromatic heterocycles. The van der Waals surface area contributed by atoms with Crippen molar-refractivity contribution in [1.82, 2.24) is 4.72 Å². The lowest BCUT2D eigenvalue weighted by Gasteiger charge is -1.99. The van der Waals surface area contributed by atoms with E-state index in [0.29, 0.717) is 0 Å². The quantitative estimate of drug-likeness (QED) is 0.580. The number of benzene rings is 1. The van der Waals surface area contributed by atoms with Gasteiger partial charge in [-0.2, -0.15) is 0 Å². The van der Waals surface area contributed by atoms with Crippen LogP contribution in [0.5, 0.6) is 0 Å². The Kier molecular flexibility index (Phi) is 3.99. The molecule has 0 radical (unpaired) electrons. The molecule has 0 bridgehead atoms. The number of hydrogen-bond donors (Lipinski definition) is 1. The monoisotopic (exact) mass is 194 g/mol. The highest BCUT2D eigenvalue weighted by Crippen LogP contribution is 1.98. The van der Waals surface area contributed by atoms with Crippen LogP contribution in [0, 0.1) is 0 Å². The molecule has 13 heavy (non-hydrogen) atoms. The Morgan fingerprint density at radius 3 is 2.69 bits per heavy atom. The molecule has 0 saturated heterocycles. The minimum Gasteiger partial charge on any atom is -0.755 e. The molecular weight excluding hydrogens is 186 g/mol. The van der Waals surface area contributed by atoms with E-state index in [2.05, 4.69) is 10.5 Å². The minimum atomic E-state index is -2.26. The maximum atomic E-state index is 10.0. The first-order valence-corrected chi connectivity index (χ1v) is 4.68. The predicted octanol–water partition coefficient (Wildman–Crippen LogP) is 1.20. The zero-order valence-corrected chi connectivity index (χ0v) is 7.58. The van der Waals surface area contributed by atoms with Crippen LogP contribution in [0.1, 0.15) is 5.56 Å². The molecule has 0 saturated carbocycles. The fourth-order valence-corrected chi connectivity index (χ4v) is 0.934. The van der Waals surface area contributed by atoms with Gasteiger partial charge in [-0.3, -0.25) is 4.21 Å². The van der Waals surface area contributed by atoms with Gasteiger partial charge in [-0.1, -0.05) is 30.3 Å². The first-order chi connectivity index (χ1) is 6.29. The summed E-state index contributed by atoms with van der Waals surface area (Å²) in [6, 6.07) is 9.50. The molecule has 1 unspecified atom stereocenters. The normalized spacial score (nSPS) is 11.2. The fraction of sp³-hybridized carbons (Fsp3) is 0. The van der Waals surface area contributed by atoms with Crippen LogP contribution in [0.3, 0.4) is 0 Å². The van der Waals surface area contributed by atoms with Gasteiger partial charge in [0.2, 0.25) is 0 Å². The molecule has 0 fully saturated rings. The van der Waals surface area contributed by atoms with Crippen molar-refractivity contribution in [3.8, 4) is 0 Å². The Morgan fingerprint density at radius 1 is 1.38 bits per heavy atom. The lowest BCUT2D eigenvalue weighted by atomic mass is 10.2. The van der Waals surface area contributed by atoms with E-state index in [4.69, 9.17) is 0 Å². The fourth-order valence-electron chi connectivity index (χ4n) is 0.769. The number of nitrogens with one attached hydrogen (secondary N) is 1. The molecule has 1 rings (SSSR count). The summed E-state index contributed by atoms with van der Waals surface area (Å²) in [5.41, 5.74) is 3.65. The molecule has 3 nitrogen and oxygen atoms in total. The van der Waals surface area contributed by atoms with E-state index in [9.17, 15) is 8.76 Å². The molecule has 0 aliphatic rings. The topological polar surface area (TPSA) is 52.2 Å². The molecule has 0 aliphatic carbocycles. The van der Waals surface area contributed by atoms with Gasteiger partial charge in [0, 0.05) is 11.3 Å². The molecule has 0 amide bonds. The third-order valence-electron chi connectivity index (χ3n) is 1.29. The summed E-state index contributed by atoms with van der Waals surface area (Å²) in [6.45, 7) is 0. The standard InChI is InChI=1S/C9H9NO2S/c11-13(12)10-8-4-7-9-5-2-1-3-6-9/h1-3,5-8,10H,(H,11,12)/p-1. The second-order valence-electron chi connectivity index (χ2n) is 2.22. The number of hydrogen-bond acceptors (Lipinski definition) is 2. The molecule has 4 heteroatoms. The summed E-state index contributed by atoms with van der Waals surface area (Å²) < 4.78 is 22.1. The highest BCUT2D eigenvalue weighted by Gasteiger charge is 1.78. The summed E-state index contributed by atoms with van der Waals surface area (Å²) >= 11 is -2.26. The lowest BCUT2D eigenvalue weighted by Crippen LogP contribution is -2.06. The third kappa shape index (κ3) is 4.28. The molecule has 0 heterocycles. The van der Waals surface area contributed by atoms with Gasteiger partial charge in [0.1, 0.15) is 0 Å². The van der Waals surface area contributed by atoms with Gasteiger partial charge in [-0.15, -0.1) is 5.73 Å². The van der Waals surface area contributed by atoms with Crippen LogP contribution >= 0.6 is 0 Å². The van der Waals surface area contributed by atoms with Crippen LogP contribution < -0.4 is 4.72 Å². The van der Waals surface area contributed by atoms with E-state index in [1.807, 2.05) is 30.3 Å². The van der Waals surface area contributed by atoms with Crippen LogP contribution in [0.15, 0.2) is 42.3 Å². The Hall–Kier alpha value is -1.35. The summed E-state index contributed by atoms with van der Waals surface area (Å²) in [4.78, 5) is 0. The predicted molar refractivity (Wildman–Crippen MR) is 51.0 cm³/mol. The van der Waals surface area contributed by atoms with Crippen molar-refractivity contribution in [3.05, 3.63) is 47.8 Å². The molecule has 1 atom stereocenters. The lowest BCUT2D eigenvalue weighted by molar-refractivity contribution is 0.531. The van der Waals surface area contributed by atoms with Crippen molar-refractivity contribution in [3.63, 3.8) is 0 Å². The third-order valence-corrected chi connectivity index (χ3v) is 1.60. The SMILES string of the molecule is O=S([O-])NC=C=Cc1ccccc1. The molecule has 1 N–H and O–H groups in total. The van der Waals surface area contributed by atoms with Crippen LogP contribution in [0.4, 0.5) is 0 Å². The van der Waals surface area contributed by atoms with E-state index in [1.54, 1.807) is 6.08 Å². The van der Waals surface area contributed by atoms with Crippen molar-refractivity contribution < 1.29 is 8.76 Å². The van der Waals surface area contributed by atoms with Crippen LogP contribution in [0.2, 0.25) is 0 Å². The average molecular weight is 194 g/mol. The second-order valence-corrected chi connectivity index (χ2v) is 2.92. The summed E-state index contributed by atoms with van der Waals surface area (Å²) in [7, 11) is 0. The van der Waals surface area contributed by atoms with Crippen molar-refractivity contribution in [1.29, 1.82) is 0 Å². The van der Waals surface area contributed by atoms with Gasteiger partial charge in [-0.05, 0) is 11.6 Å². The van der Waals surface area contributed by atoms with Crippen molar-refractivity contribution in [2.75, 3.05) is 0 Å². The maximum absolute atomic E-state index is 10.0.